The van der Waals surface area contributed by atoms with Crippen molar-refractivity contribution in [2.24, 2.45) is 23.7 Å². The molecule has 11 heavy (non-hydrogen) atoms. The van der Waals surface area contributed by atoms with Gasteiger partial charge in [0.05, 0.1) is 11.7 Å². The molecular weight excluding hydrogens is 136 g/mol. The second-order valence-corrected chi connectivity index (χ2v) is 4.85. The highest BCUT2D eigenvalue weighted by Crippen LogP contribution is 2.78. The first kappa shape index (κ1) is 5.36. The van der Waals surface area contributed by atoms with Gasteiger partial charge in [0.1, 0.15) is 0 Å². The van der Waals surface area contributed by atoms with Gasteiger partial charge in [-0.2, -0.15) is 0 Å². The molecule has 0 amide bonds. The average molecular weight is 148 g/mol. The van der Waals surface area contributed by atoms with Crippen molar-refractivity contribution in [3.05, 3.63) is 12.2 Å². The highest BCUT2D eigenvalue weighted by molar-refractivity contribution is 5.41. The molecule has 5 aliphatic rings. The summed E-state index contributed by atoms with van der Waals surface area (Å²) in [7, 11) is 0. The molecule has 1 nitrogen and oxygen atoms in total. The summed E-state index contributed by atoms with van der Waals surface area (Å²) in [5.41, 5.74) is 1.78. The van der Waals surface area contributed by atoms with Gasteiger partial charge in [0, 0.05) is 11.8 Å². The molecule has 1 saturated heterocycles. The summed E-state index contributed by atoms with van der Waals surface area (Å²) in [6, 6.07) is 0. The number of hydrogen-bond donors (Lipinski definition) is 0. The van der Waals surface area contributed by atoms with E-state index in [2.05, 4.69) is 13.5 Å². The molecule has 5 rings (SSSR count). The van der Waals surface area contributed by atoms with E-state index in [-0.39, 0.29) is 5.60 Å². The lowest BCUT2D eigenvalue weighted by Crippen LogP contribution is -2.49. The molecule has 6 bridgehead atoms. The van der Waals surface area contributed by atoms with Crippen LogP contribution < -0.4 is 0 Å². The van der Waals surface area contributed by atoms with Crippen molar-refractivity contribution < 1.29 is 4.74 Å². The quantitative estimate of drug-likeness (QED) is 0.474. The monoisotopic (exact) mass is 148 g/mol. The molecule has 5 fully saturated rings. The van der Waals surface area contributed by atoms with Crippen LogP contribution in [0.15, 0.2) is 12.2 Å². The molecule has 1 heterocycles. The van der Waals surface area contributed by atoms with Gasteiger partial charge >= 0.3 is 0 Å². The molecule has 0 spiro atoms. The van der Waals surface area contributed by atoms with Crippen LogP contribution in [-0.4, -0.2) is 11.7 Å². The van der Waals surface area contributed by atoms with Crippen LogP contribution in [0.25, 0.3) is 0 Å². The van der Waals surface area contributed by atoms with E-state index >= 15 is 0 Å². The molecule has 0 aromatic rings. The zero-order chi connectivity index (χ0) is 7.38. The van der Waals surface area contributed by atoms with Crippen LogP contribution in [-0.2, 0) is 4.74 Å². The highest BCUT2D eigenvalue weighted by atomic mass is 16.5. The smallest absolute Gasteiger partial charge is 0.0785 e. The Morgan fingerprint density at radius 3 is 2.91 bits per heavy atom. The van der Waals surface area contributed by atoms with Crippen LogP contribution in [0.3, 0.4) is 0 Å². The maximum atomic E-state index is 5.89. The Morgan fingerprint density at radius 2 is 2.45 bits per heavy atom. The van der Waals surface area contributed by atoms with Gasteiger partial charge in [0.15, 0.2) is 0 Å². The van der Waals surface area contributed by atoms with Crippen LogP contribution in [0.5, 0.6) is 0 Å². The van der Waals surface area contributed by atoms with Gasteiger partial charge in [-0.3, -0.25) is 0 Å². The molecule has 0 radical (unpaired) electrons. The Balaban J connectivity index is 2.04. The fourth-order valence-corrected chi connectivity index (χ4v) is 4.54. The minimum absolute atomic E-state index is 0.259. The summed E-state index contributed by atoms with van der Waals surface area (Å²) < 4.78 is 5.89. The van der Waals surface area contributed by atoms with E-state index in [0.29, 0.717) is 6.10 Å². The SMILES string of the molecule is C=C1C2CC3C4OC(C)(C13)C24. The van der Waals surface area contributed by atoms with Gasteiger partial charge in [-0.15, -0.1) is 0 Å². The van der Waals surface area contributed by atoms with Crippen molar-refractivity contribution in [1.82, 2.24) is 0 Å². The summed E-state index contributed by atoms with van der Waals surface area (Å²) in [6.07, 6.45) is 2.05. The van der Waals surface area contributed by atoms with Crippen LogP contribution in [0.1, 0.15) is 13.3 Å². The Morgan fingerprint density at radius 1 is 1.64 bits per heavy atom. The molecule has 0 N–H and O–H groups in total. The fourth-order valence-electron chi connectivity index (χ4n) is 4.54. The third-order valence-electron chi connectivity index (χ3n) is 4.71. The van der Waals surface area contributed by atoms with Crippen molar-refractivity contribution in [3.63, 3.8) is 0 Å². The molecular formula is C10H12O. The Labute approximate surface area is 66.4 Å². The van der Waals surface area contributed by atoms with E-state index in [0.717, 1.165) is 23.7 Å². The predicted molar refractivity (Wildman–Crippen MR) is 41.0 cm³/mol. The highest BCUT2D eigenvalue weighted by Gasteiger charge is 2.81. The van der Waals surface area contributed by atoms with Crippen LogP contribution in [0, 0.1) is 23.7 Å². The first-order chi connectivity index (χ1) is 5.23. The molecule has 0 aromatic carbocycles. The Bertz CT molecular complexity index is 283. The molecule has 1 heteroatoms. The van der Waals surface area contributed by atoms with E-state index in [9.17, 15) is 0 Å². The van der Waals surface area contributed by atoms with E-state index in [4.69, 9.17) is 4.74 Å². The molecule has 4 aliphatic carbocycles. The summed E-state index contributed by atoms with van der Waals surface area (Å²) in [4.78, 5) is 0. The predicted octanol–water partition coefficient (Wildman–Crippen LogP) is 1.60. The van der Waals surface area contributed by atoms with E-state index in [1.807, 2.05) is 0 Å². The maximum absolute atomic E-state index is 5.89. The summed E-state index contributed by atoms with van der Waals surface area (Å²) in [6.45, 7) is 6.50. The van der Waals surface area contributed by atoms with Gasteiger partial charge in [-0.05, 0) is 25.2 Å². The zero-order valence-corrected chi connectivity index (χ0v) is 6.71. The zero-order valence-electron chi connectivity index (χ0n) is 6.71. The normalized spacial score (nSPS) is 74.6. The minimum Gasteiger partial charge on any atom is -0.370 e. The number of hydrogen-bond acceptors (Lipinski definition) is 1. The van der Waals surface area contributed by atoms with Gasteiger partial charge in [0.2, 0.25) is 0 Å². The second-order valence-electron chi connectivity index (χ2n) is 4.85. The summed E-state index contributed by atoms with van der Waals surface area (Å²) in [5, 5.41) is 0. The topological polar surface area (TPSA) is 9.23 Å². The van der Waals surface area contributed by atoms with Gasteiger partial charge in [-0.1, -0.05) is 12.2 Å². The van der Waals surface area contributed by atoms with Crippen molar-refractivity contribution in [3.8, 4) is 0 Å². The standard InChI is InChI=1S/C10H12O/c1-4-5-3-6-7(4)10(2)8(5)9(6)11-10/h5-9H,1,3H2,2H3. The van der Waals surface area contributed by atoms with E-state index in [1.165, 1.54) is 12.0 Å². The lowest BCUT2D eigenvalue weighted by Gasteiger charge is -2.43. The lowest BCUT2D eigenvalue weighted by molar-refractivity contribution is -0.196. The largest absolute Gasteiger partial charge is 0.370 e. The molecule has 6 atom stereocenters. The van der Waals surface area contributed by atoms with Crippen LogP contribution >= 0.6 is 0 Å². The van der Waals surface area contributed by atoms with E-state index < -0.39 is 0 Å². The maximum Gasteiger partial charge on any atom is 0.0785 e. The molecule has 0 aromatic heterocycles. The Hall–Kier alpha value is -0.300. The van der Waals surface area contributed by atoms with Crippen molar-refractivity contribution in [1.29, 1.82) is 0 Å². The second kappa shape index (κ2) is 1.11. The number of ether oxygens (including phenoxy) is 1. The molecule has 58 valence electrons. The Kier molecular flexibility index (Phi) is 0.542. The lowest BCUT2D eigenvalue weighted by atomic mass is 9.83. The molecule has 6 unspecified atom stereocenters. The van der Waals surface area contributed by atoms with Crippen molar-refractivity contribution >= 4 is 0 Å². The van der Waals surface area contributed by atoms with Gasteiger partial charge in [0.25, 0.3) is 0 Å². The van der Waals surface area contributed by atoms with Gasteiger partial charge < -0.3 is 4.74 Å². The molecule has 1 aliphatic heterocycles. The average Bonchev–Trinajstić information content (AvgIpc) is 2.52. The van der Waals surface area contributed by atoms with Crippen LogP contribution in [0.2, 0.25) is 0 Å². The molecule has 4 saturated carbocycles. The first-order valence-corrected chi connectivity index (χ1v) is 4.60. The summed E-state index contributed by atoms with van der Waals surface area (Å²) >= 11 is 0. The minimum atomic E-state index is 0.259. The fraction of sp³-hybridized carbons (Fsp3) is 0.800. The third-order valence-corrected chi connectivity index (χ3v) is 4.71. The van der Waals surface area contributed by atoms with Crippen LogP contribution in [0.4, 0.5) is 0 Å². The van der Waals surface area contributed by atoms with Gasteiger partial charge in [-0.25, -0.2) is 0 Å². The number of rotatable bonds is 0. The van der Waals surface area contributed by atoms with E-state index in [1.54, 1.807) is 0 Å². The summed E-state index contributed by atoms with van der Waals surface area (Å²) in [5.74, 6) is 3.36. The third kappa shape index (κ3) is 0.288. The van der Waals surface area contributed by atoms with Crippen molar-refractivity contribution in [2.75, 3.05) is 0 Å². The van der Waals surface area contributed by atoms with Crippen molar-refractivity contribution in [2.45, 2.75) is 25.0 Å². The first-order valence-electron chi connectivity index (χ1n) is 4.60.